The van der Waals surface area contributed by atoms with Gasteiger partial charge in [-0.3, -0.25) is 0 Å². The van der Waals surface area contributed by atoms with Crippen LogP contribution in [-0.2, 0) is 6.42 Å². The Bertz CT molecular complexity index is 376. The van der Waals surface area contributed by atoms with E-state index in [-0.39, 0.29) is 0 Å². The zero-order valence-corrected chi connectivity index (χ0v) is 6.61. The molecule has 0 bridgehead atoms. The van der Waals surface area contributed by atoms with Crippen LogP contribution in [0.2, 0.25) is 0 Å². The summed E-state index contributed by atoms with van der Waals surface area (Å²) in [5.74, 6) is 0. The molecule has 0 aliphatic rings. The van der Waals surface area contributed by atoms with Crippen LogP contribution in [0, 0.1) is 11.3 Å². The standard InChI is InChI=1S/C8H6N2S/c9-3-1-6-5-7-8(11-6)2-4-10-7/h2,4-5,10H,1H2. The quantitative estimate of drug-likeness (QED) is 0.686. The van der Waals surface area contributed by atoms with Crippen LogP contribution in [0.25, 0.3) is 10.2 Å². The second-order valence-electron chi connectivity index (χ2n) is 2.30. The van der Waals surface area contributed by atoms with E-state index in [0.29, 0.717) is 6.42 Å². The minimum absolute atomic E-state index is 0.521. The van der Waals surface area contributed by atoms with Crippen molar-refractivity contribution in [2.24, 2.45) is 0 Å². The van der Waals surface area contributed by atoms with E-state index in [2.05, 4.69) is 11.1 Å². The molecular weight excluding hydrogens is 156 g/mol. The molecule has 0 atom stereocenters. The highest BCUT2D eigenvalue weighted by Gasteiger charge is 2.00. The Labute approximate surface area is 68.1 Å². The predicted molar refractivity (Wildman–Crippen MR) is 45.5 cm³/mol. The highest BCUT2D eigenvalue weighted by Crippen LogP contribution is 2.24. The Morgan fingerprint density at radius 2 is 2.55 bits per heavy atom. The molecule has 0 saturated carbocycles. The van der Waals surface area contributed by atoms with E-state index < -0.39 is 0 Å². The SMILES string of the molecule is N#CCc1cc2[nH]ccc2s1. The predicted octanol–water partition coefficient (Wildman–Crippen LogP) is 2.30. The Kier molecular flexibility index (Phi) is 1.41. The smallest absolute Gasteiger partial charge is 0.0696 e. The van der Waals surface area contributed by atoms with Crippen molar-refractivity contribution in [1.82, 2.24) is 4.98 Å². The monoisotopic (exact) mass is 162 g/mol. The van der Waals surface area contributed by atoms with Crippen molar-refractivity contribution in [1.29, 1.82) is 5.26 Å². The van der Waals surface area contributed by atoms with Crippen LogP contribution in [-0.4, -0.2) is 4.98 Å². The lowest BCUT2D eigenvalue weighted by molar-refractivity contribution is 1.32. The summed E-state index contributed by atoms with van der Waals surface area (Å²) in [7, 11) is 0. The van der Waals surface area contributed by atoms with Crippen LogP contribution in [0.15, 0.2) is 18.3 Å². The van der Waals surface area contributed by atoms with E-state index in [1.165, 1.54) is 4.70 Å². The van der Waals surface area contributed by atoms with E-state index in [4.69, 9.17) is 5.26 Å². The molecule has 0 amide bonds. The first-order chi connectivity index (χ1) is 5.40. The van der Waals surface area contributed by atoms with Gasteiger partial charge in [0.2, 0.25) is 0 Å². The second kappa shape index (κ2) is 2.40. The summed E-state index contributed by atoms with van der Waals surface area (Å²) >= 11 is 1.67. The first-order valence-corrected chi connectivity index (χ1v) is 4.14. The summed E-state index contributed by atoms with van der Waals surface area (Å²) in [6, 6.07) is 6.19. The Balaban J connectivity index is 2.52. The average molecular weight is 162 g/mol. The molecule has 0 aliphatic carbocycles. The summed E-state index contributed by atoms with van der Waals surface area (Å²) in [5, 5.41) is 8.43. The molecule has 0 aliphatic heterocycles. The van der Waals surface area contributed by atoms with Crippen molar-refractivity contribution >= 4 is 21.6 Å². The zero-order chi connectivity index (χ0) is 7.68. The Morgan fingerprint density at radius 1 is 1.64 bits per heavy atom. The topological polar surface area (TPSA) is 39.6 Å². The van der Waals surface area contributed by atoms with Crippen molar-refractivity contribution in [2.75, 3.05) is 0 Å². The molecule has 1 N–H and O–H groups in total. The maximum absolute atomic E-state index is 8.43. The normalized spacial score (nSPS) is 10.1. The van der Waals surface area contributed by atoms with Gasteiger partial charge < -0.3 is 4.98 Å². The third-order valence-electron chi connectivity index (χ3n) is 1.54. The molecule has 0 unspecified atom stereocenters. The fourth-order valence-electron chi connectivity index (χ4n) is 1.07. The molecule has 2 aromatic heterocycles. The van der Waals surface area contributed by atoms with E-state index >= 15 is 0 Å². The number of H-pyrrole nitrogens is 1. The van der Waals surface area contributed by atoms with Gasteiger partial charge in [-0.2, -0.15) is 5.26 Å². The number of thiophene rings is 1. The van der Waals surface area contributed by atoms with Gasteiger partial charge in [0.1, 0.15) is 0 Å². The van der Waals surface area contributed by atoms with Crippen LogP contribution in [0.1, 0.15) is 4.88 Å². The van der Waals surface area contributed by atoms with E-state index in [1.807, 2.05) is 18.3 Å². The number of aromatic amines is 1. The molecule has 0 radical (unpaired) electrons. The fraction of sp³-hybridized carbons (Fsp3) is 0.125. The summed E-state index contributed by atoms with van der Waals surface area (Å²) in [4.78, 5) is 4.23. The maximum atomic E-state index is 8.43. The first-order valence-electron chi connectivity index (χ1n) is 3.33. The Hall–Kier alpha value is -1.27. The summed E-state index contributed by atoms with van der Waals surface area (Å²) in [5.41, 5.74) is 1.14. The fourth-order valence-corrected chi connectivity index (χ4v) is 2.03. The second-order valence-corrected chi connectivity index (χ2v) is 3.47. The van der Waals surface area contributed by atoms with Crippen molar-refractivity contribution in [2.45, 2.75) is 6.42 Å². The van der Waals surface area contributed by atoms with Gasteiger partial charge in [-0.05, 0) is 12.1 Å². The van der Waals surface area contributed by atoms with Gasteiger partial charge in [0, 0.05) is 11.1 Å². The average Bonchev–Trinajstić information content (AvgIpc) is 2.46. The van der Waals surface area contributed by atoms with Crippen LogP contribution < -0.4 is 0 Å². The third kappa shape index (κ3) is 1.02. The van der Waals surface area contributed by atoms with E-state index in [9.17, 15) is 0 Å². The molecule has 0 saturated heterocycles. The summed E-state index contributed by atoms with van der Waals surface area (Å²) in [6.07, 6.45) is 2.44. The Morgan fingerprint density at radius 3 is 3.27 bits per heavy atom. The number of nitrogens with zero attached hydrogens (tertiary/aromatic N) is 1. The molecule has 2 aromatic rings. The van der Waals surface area contributed by atoms with Gasteiger partial charge in [-0.1, -0.05) is 0 Å². The molecule has 0 fully saturated rings. The van der Waals surface area contributed by atoms with Gasteiger partial charge in [-0.15, -0.1) is 11.3 Å². The highest BCUT2D eigenvalue weighted by molar-refractivity contribution is 7.19. The molecule has 0 aromatic carbocycles. The number of fused-ring (bicyclic) bond motifs is 1. The van der Waals surface area contributed by atoms with Gasteiger partial charge in [0.15, 0.2) is 0 Å². The van der Waals surface area contributed by atoms with Crippen LogP contribution in [0.4, 0.5) is 0 Å². The number of nitrogens with one attached hydrogen (secondary N) is 1. The molecule has 54 valence electrons. The number of hydrogen-bond acceptors (Lipinski definition) is 2. The minimum atomic E-state index is 0.521. The molecule has 11 heavy (non-hydrogen) atoms. The third-order valence-corrected chi connectivity index (χ3v) is 2.64. The van der Waals surface area contributed by atoms with Crippen molar-refractivity contribution in [3.05, 3.63) is 23.2 Å². The number of hydrogen-bond donors (Lipinski definition) is 1. The number of nitriles is 1. The van der Waals surface area contributed by atoms with Crippen molar-refractivity contribution in [3.63, 3.8) is 0 Å². The lowest BCUT2D eigenvalue weighted by Gasteiger charge is -1.78. The van der Waals surface area contributed by atoms with E-state index in [1.54, 1.807) is 11.3 Å². The number of aromatic nitrogens is 1. The van der Waals surface area contributed by atoms with Crippen LogP contribution in [0.3, 0.4) is 0 Å². The van der Waals surface area contributed by atoms with Gasteiger partial charge in [-0.25, -0.2) is 0 Å². The molecule has 0 spiro atoms. The minimum Gasteiger partial charge on any atom is -0.360 e. The molecule has 2 heterocycles. The highest BCUT2D eigenvalue weighted by atomic mass is 32.1. The lowest BCUT2D eigenvalue weighted by Crippen LogP contribution is -1.69. The van der Waals surface area contributed by atoms with Crippen LogP contribution in [0.5, 0.6) is 0 Å². The largest absolute Gasteiger partial charge is 0.360 e. The molecular formula is C8H6N2S. The number of rotatable bonds is 1. The summed E-state index contributed by atoms with van der Waals surface area (Å²) in [6.45, 7) is 0. The van der Waals surface area contributed by atoms with Crippen LogP contribution >= 0.6 is 11.3 Å². The lowest BCUT2D eigenvalue weighted by atomic mass is 10.3. The van der Waals surface area contributed by atoms with Gasteiger partial charge in [0.05, 0.1) is 22.7 Å². The van der Waals surface area contributed by atoms with Crippen molar-refractivity contribution in [3.8, 4) is 6.07 Å². The first kappa shape index (κ1) is 6.44. The molecule has 3 heteroatoms. The van der Waals surface area contributed by atoms with Gasteiger partial charge in [0.25, 0.3) is 0 Å². The van der Waals surface area contributed by atoms with Crippen molar-refractivity contribution < 1.29 is 0 Å². The van der Waals surface area contributed by atoms with Gasteiger partial charge >= 0.3 is 0 Å². The zero-order valence-electron chi connectivity index (χ0n) is 5.79. The van der Waals surface area contributed by atoms with E-state index in [0.717, 1.165) is 10.4 Å². The summed E-state index contributed by atoms with van der Waals surface area (Å²) < 4.78 is 1.23. The molecule has 2 rings (SSSR count). The molecule has 2 nitrogen and oxygen atoms in total. The maximum Gasteiger partial charge on any atom is 0.0696 e.